The fourth-order valence-electron chi connectivity index (χ4n) is 2.24. The molecule has 25 heavy (non-hydrogen) atoms. The molecule has 0 bridgehead atoms. The fourth-order valence-corrected chi connectivity index (χ4v) is 2.24. The third-order valence-corrected chi connectivity index (χ3v) is 3.50. The highest BCUT2D eigenvalue weighted by atomic mass is 16.5. The SMILES string of the molecule is CCCNC(=O)c1ccc(Nc2cc(OC)c(OC)c(OC)c2)nc1. The monoisotopic (exact) mass is 345 g/mol. The summed E-state index contributed by atoms with van der Waals surface area (Å²) in [5.74, 6) is 2.07. The first-order chi connectivity index (χ1) is 12.1. The van der Waals surface area contributed by atoms with Crippen LogP contribution in [0.2, 0.25) is 0 Å². The van der Waals surface area contributed by atoms with Crippen molar-refractivity contribution >= 4 is 17.4 Å². The molecule has 0 spiro atoms. The quantitative estimate of drug-likeness (QED) is 0.765. The lowest BCUT2D eigenvalue weighted by Gasteiger charge is -2.15. The molecule has 7 heteroatoms. The molecule has 0 aliphatic carbocycles. The molecule has 2 N–H and O–H groups in total. The molecule has 0 aliphatic rings. The molecule has 0 atom stereocenters. The number of nitrogens with zero attached hydrogens (tertiary/aromatic N) is 1. The van der Waals surface area contributed by atoms with Crippen molar-refractivity contribution in [1.82, 2.24) is 10.3 Å². The molecule has 0 radical (unpaired) electrons. The summed E-state index contributed by atoms with van der Waals surface area (Å²) in [5.41, 5.74) is 1.24. The summed E-state index contributed by atoms with van der Waals surface area (Å²) >= 11 is 0. The van der Waals surface area contributed by atoms with Crippen LogP contribution < -0.4 is 24.8 Å². The number of nitrogens with one attached hydrogen (secondary N) is 2. The van der Waals surface area contributed by atoms with Gasteiger partial charge in [0.05, 0.1) is 26.9 Å². The molecule has 1 heterocycles. The van der Waals surface area contributed by atoms with Gasteiger partial charge in [-0.1, -0.05) is 6.92 Å². The molecular formula is C18H23N3O4. The third kappa shape index (κ3) is 4.53. The smallest absolute Gasteiger partial charge is 0.252 e. The number of methoxy groups -OCH3 is 3. The molecule has 1 aromatic heterocycles. The van der Waals surface area contributed by atoms with Gasteiger partial charge in [0.15, 0.2) is 11.5 Å². The first-order valence-corrected chi connectivity index (χ1v) is 7.94. The first-order valence-electron chi connectivity index (χ1n) is 7.94. The van der Waals surface area contributed by atoms with Crippen LogP contribution in [0.15, 0.2) is 30.5 Å². The average Bonchev–Trinajstić information content (AvgIpc) is 2.65. The average molecular weight is 345 g/mol. The summed E-state index contributed by atoms with van der Waals surface area (Å²) in [6.45, 7) is 2.65. The van der Waals surface area contributed by atoms with Crippen LogP contribution >= 0.6 is 0 Å². The van der Waals surface area contributed by atoms with Crippen molar-refractivity contribution < 1.29 is 19.0 Å². The molecule has 1 amide bonds. The maximum absolute atomic E-state index is 11.9. The van der Waals surface area contributed by atoms with Crippen LogP contribution in [0.5, 0.6) is 17.2 Å². The van der Waals surface area contributed by atoms with E-state index in [1.54, 1.807) is 45.6 Å². The van der Waals surface area contributed by atoms with Crippen molar-refractivity contribution in [3.05, 3.63) is 36.0 Å². The van der Waals surface area contributed by atoms with E-state index in [-0.39, 0.29) is 5.91 Å². The van der Waals surface area contributed by atoms with Crippen LogP contribution in [0.4, 0.5) is 11.5 Å². The molecule has 0 saturated heterocycles. The number of hydrogen-bond donors (Lipinski definition) is 2. The number of pyridine rings is 1. The van der Waals surface area contributed by atoms with E-state index in [1.165, 1.54) is 6.20 Å². The predicted molar refractivity (Wildman–Crippen MR) is 96.2 cm³/mol. The predicted octanol–water partition coefficient (Wildman–Crippen LogP) is 2.99. The first kappa shape index (κ1) is 18.4. The van der Waals surface area contributed by atoms with E-state index in [2.05, 4.69) is 15.6 Å². The highest BCUT2D eigenvalue weighted by molar-refractivity contribution is 5.94. The van der Waals surface area contributed by atoms with E-state index in [0.29, 0.717) is 35.2 Å². The van der Waals surface area contributed by atoms with Crippen molar-refractivity contribution in [2.75, 3.05) is 33.2 Å². The van der Waals surface area contributed by atoms with Gasteiger partial charge >= 0.3 is 0 Å². The Morgan fingerprint density at radius 3 is 2.24 bits per heavy atom. The van der Waals surface area contributed by atoms with Crippen LogP contribution in [-0.2, 0) is 0 Å². The summed E-state index contributed by atoms with van der Waals surface area (Å²) in [5, 5.41) is 5.97. The van der Waals surface area contributed by atoms with Gasteiger partial charge in [-0.3, -0.25) is 4.79 Å². The Morgan fingerprint density at radius 1 is 1.08 bits per heavy atom. The standard InChI is InChI=1S/C18H23N3O4/c1-5-8-19-18(22)12-6-7-16(20-11-12)21-13-9-14(23-2)17(25-4)15(10-13)24-3/h6-7,9-11H,5,8H2,1-4H3,(H,19,22)(H,20,21). The van der Waals surface area contributed by atoms with Gasteiger partial charge in [0, 0.05) is 30.6 Å². The van der Waals surface area contributed by atoms with Crippen molar-refractivity contribution in [3.63, 3.8) is 0 Å². The van der Waals surface area contributed by atoms with Crippen molar-refractivity contribution in [1.29, 1.82) is 0 Å². The van der Waals surface area contributed by atoms with E-state index in [4.69, 9.17) is 14.2 Å². The van der Waals surface area contributed by atoms with Crippen LogP contribution in [0.3, 0.4) is 0 Å². The zero-order valence-electron chi connectivity index (χ0n) is 14.9. The Morgan fingerprint density at radius 2 is 1.76 bits per heavy atom. The number of amides is 1. The summed E-state index contributed by atoms with van der Waals surface area (Å²) in [6, 6.07) is 7.03. The second-order valence-corrected chi connectivity index (χ2v) is 5.23. The van der Waals surface area contributed by atoms with Gasteiger partial charge in [-0.15, -0.1) is 0 Å². The van der Waals surface area contributed by atoms with Gasteiger partial charge in [0.2, 0.25) is 5.75 Å². The van der Waals surface area contributed by atoms with E-state index in [9.17, 15) is 4.79 Å². The van der Waals surface area contributed by atoms with Gasteiger partial charge in [0.25, 0.3) is 5.91 Å². The number of hydrogen-bond acceptors (Lipinski definition) is 6. The molecule has 0 unspecified atom stereocenters. The lowest BCUT2D eigenvalue weighted by atomic mass is 10.2. The molecule has 0 saturated carbocycles. The number of carbonyl (C=O) groups excluding carboxylic acids is 1. The number of anilines is 2. The van der Waals surface area contributed by atoms with Gasteiger partial charge in [-0.05, 0) is 18.6 Å². The summed E-state index contributed by atoms with van der Waals surface area (Å²) in [4.78, 5) is 16.2. The Bertz CT molecular complexity index is 692. The highest BCUT2D eigenvalue weighted by Gasteiger charge is 2.13. The number of ether oxygens (including phenoxy) is 3. The van der Waals surface area contributed by atoms with Crippen molar-refractivity contribution in [2.45, 2.75) is 13.3 Å². The lowest BCUT2D eigenvalue weighted by molar-refractivity contribution is 0.0953. The summed E-state index contributed by atoms with van der Waals surface area (Å²) < 4.78 is 16.0. The van der Waals surface area contributed by atoms with Gasteiger partial charge in [-0.25, -0.2) is 4.98 Å². The van der Waals surface area contributed by atoms with Crippen LogP contribution in [0, 0.1) is 0 Å². The Kier molecular flexibility index (Phi) is 6.45. The fraction of sp³-hybridized carbons (Fsp3) is 0.333. The van der Waals surface area contributed by atoms with Gasteiger partial charge in [0.1, 0.15) is 5.82 Å². The highest BCUT2D eigenvalue weighted by Crippen LogP contribution is 2.40. The van der Waals surface area contributed by atoms with Crippen LogP contribution in [-0.4, -0.2) is 38.8 Å². The van der Waals surface area contributed by atoms with Gasteiger partial charge in [-0.2, -0.15) is 0 Å². The minimum Gasteiger partial charge on any atom is -0.493 e. The van der Waals surface area contributed by atoms with E-state index in [0.717, 1.165) is 12.1 Å². The second kappa shape index (κ2) is 8.77. The Balaban J connectivity index is 2.18. The number of carbonyl (C=O) groups is 1. The van der Waals surface area contributed by atoms with Crippen molar-refractivity contribution in [2.24, 2.45) is 0 Å². The normalized spacial score (nSPS) is 10.1. The lowest BCUT2D eigenvalue weighted by Crippen LogP contribution is -2.24. The molecule has 2 rings (SSSR count). The third-order valence-electron chi connectivity index (χ3n) is 3.50. The Hall–Kier alpha value is -2.96. The number of aromatic nitrogens is 1. The van der Waals surface area contributed by atoms with Crippen LogP contribution in [0.25, 0.3) is 0 Å². The molecule has 7 nitrogen and oxygen atoms in total. The van der Waals surface area contributed by atoms with E-state index in [1.807, 2.05) is 6.92 Å². The van der Waals surface area contributed by atoms with E-state index < -0.39 is 0 Å². The molecule has 134 valence electrons. The molecule has 1 aromatic carbocycles. The zero-order valence-corrected chi connectivity index (χ0v) is 14.9. The number of benzene rings is 1. The van der Waals surface area contributed by atoms with Crippen molar-refractivity contribution in [3.8, 4) is 17.2 Å². The zero-order chi connectivity index (χ0) is 18.2. The minimum absolute atomic E-state index is 0.131. The second-order valence-electron chi connectivity index (χ2n) is 5.23. The molecule has 0 fully saturated rings. The maximum atomic E-state index is 11.9. The van der Waals surface area contributed by atoms with Crippen LogP contribution in [0.1, 0.15) is 23.7 Å². The van der Waals surface area contributed by atoms with Gasteiger partial charge < -0.3 is 24.8 Å². The maximum Gasteiger partial charge on any atom is 0.252 e. The topological polar surface area (TPSA) is 81.7 Å². The molecular weight excluding hydrogens is 322 g/mol. The molecule has 0 aliphatic heterocycles. The molecule has 2 aromatic rings. The Labute approximate surface area is 147 Å². The van der Waals surface area contributed by atoms with E-state index >= 15 is 0 Å². The minimum atomic E-state index is -0.131. The summed E-state index contributed by atoms with van der Waals surface area (Å²) in [6.07, 6.45) is 2.42. The number of rotatable bonds is 8. The largest absolute Gasteiger partial charge is 0.493 e. The summed E-state index contributed by atoms with van der Waals surface area (Å²) in [7, 11) is 4.67.